The van der Waals surface area contributed by atoms with Crippen molar-refractivity contribution in [3.05, 3.63) is 27.8 Å². The van der Waals surface area contributed by atoms with Gasteiger partial charge in [-0.25, -0.2) is 0 Å². The standard InChI is InChI=1S/C17H21ClO3/c1-21-15-13(18)10-11-6-2-3-7-12(11)14(15)17(16(19)20)8-4-5-9-17/h10H,2-9H2,1H3,(H,19,20). The Kier molecular flexibility index (Phi) is 3.87. The number of ether oxygens (including phenoxy) is 1. The van der Waals surface area contributed by atoms with E-state index in [1.807, 2.05) is 6.07 Å². The zero-order chi connectivity index (χ0) is 15.0. The number of halogens is 1. The van der Waals surface area contributed by atoms with Crippen molar-refractivity contribution in [1.29, 1.82) is 0 Å². The minimum absolute atomic E-state index is 0.556. The van der Waals surface area contributed by atoms with E-state index in [0.717, 1.165) is 44.1 Å². The topological polar surface area (TPSA) is 46.5 Å². The number of methoxy groups -OCH3 is 1. The number of carbonyl (C=O) groups is 1. The third-order valence-electron chi connectivity index (χ3n) is 5.11. The summed E-state index contributed by atoms with van der Waals surface area (Å²) >= 11 is 6.39. The molecule has 2 aliphatic carbocycles. The average molecular weight is 309 g/mol. The summed E-state index contributed by atoms with van der Waals surface area (Å²) in [6, 6.07) is 1.98. The van der Waals surface area contributed by atoms with Crippen LogP contribution in [0.5, 0.6) is 5.75 Å². The van der Waals surface area contributed by atoms with Gasteiger partial charge in [0.05, 0.1) is 17.5 Å². The van der Waals surface area contributed by atoms with E-state index >= 15 is 0 Å². The fourth-order valence-electron chi connectivity index (χ4n) is 4.10. The summed E-state index contributed by atoms with van der Waals surface area (Å²) in [5.41, 5.74) is 2.47. The van der Waals surface area contributed by atoms with Crippen molar-refractivity contribution in [2.45, 2.75) is 56.8 Å². The molecule has 0 spiro atoms. The largest absolute Gasteiger partial charge is 0.495 e. The fraction of sp³-hybridized carbons (Fsp3) is 0.588. The van der Waals surface area contributed by atoms with Gasteiger partial charge in [-0.3, -0.25) is 4.79 Å². The Bertz CT molecular complexity index is 574. The van der Waals surface area contributed by atoms with Crippen molar-refractivity contribution in [1.82, 2.24) is 0 Å². The molecule has 1 N–H and O–H groups in total. The zero-order valence-electron chi connectivity index (χ0n) is 12.4. The minimum atomic E-state index is -0.808. The van der Waals surface area contributed by atoms with Gasteiger partial charge >= 0.3 is 5.97 Å². The monoisotopic (exact) mass is 308 g/mol. The van der Waals surface area contributed by atoms with Crippen LogP contribution < -0.4 is 4.74 Å². The molecule has 3 rings (SSSR count). The van der Waals surface area contributed by atoms with Crippen LogP contribution in [-0.2, 0) is 23.1 Å². The van der Waals surface area contributed by atoms with E-state index < -0.39 is 11.4 Å². The van der Waals surface area contributed by atoms with Crippen molar-refractivity contribution < 1.29 is 14.6 Å². The van der Waals surface area contributed by atoms with Crippen LogP contribution in [0.3, 0.4) is 0 Å². The maximum Gasteiger partial charge on any atom is 0.314 e. The molecular weight excluding hydrogens is 288 g/mol. The molecule has 0 heterocycles. The normalized spacial score (nSPS) is 20.1. The molecule has 1 saturated carbocycles. The summed E-state index contributed by atoms with van der Waals surface area (Å²) in [6.45, 7) is 0. The molecule has 1 aromatic rings. The lowest BCUT2D eigenvalue weighted by Gasteiger charge is -2.32. The third kappa shape index (κ3) is 2.22. The quantitative estimate of drug-likeness (QED) is 0.913. The van der Waals surface area contributed by atoms with Crippen molar-refractivity contribution in [3.8, 4) is 5.75 Å². The molecule has 0 unspecified atom stereocenters. The Morgan fingerprint density at radius 3 is 2.52 bits per heavy atom. The Hall–Kier alpha value is -1.22. The molecule has 0 aliphatic heterocycles. The third-order valence-corrected chi connectivity index (χ3v) is 5.39. The van der Waals surface area contributed by atoms with Crippen molar-refractivity contribution in [2.75, 3.05) is 7.11 Å². The Morgan fingerprint density at radius 1 is 1.24 bits per heavy atom. The van der Waals surface area contributed by atoms with Crippen LogP contribution in [-0.4, -0.2) is 18.2 Å². The van der Waals surface area contributed by atoms with E-state index in [9.17, 15) is 9.90 Å². The molecule has 4 heteroatoms. The average Bonchev–Trinajstić information content (AvgIpc) is 2.96. The maximum atomic E-state index is 12.1. The molecular formula is C17H21ClO3. The van der Waals surface area contributed by atoms with Crippen LogP contribution in [0.15, 0.2) is 6.07 Å². The number of aryl methyl sites for hydroxylation is 1. The summed E-state index contributed by atoms with van der Waals surface area (Å²) in [5, 5.41) is 10.5. The molecule has 0 bridgehead atoms. The van der Waals surface area contributed by atoms with Gasteiger partial charge in [-0.15, -0.1) is 0 Å². The van der Waals surface area contributed by atoms with E-state index in [1.54, 1.807) is 7.11 Å². The summed E-state index contributed by atoms with van der Waals surface area (Å²) in [4.78, 5) is 12.1. The van der Waals surface area contributed by atoms with E-state index in [0.29, 0.717) is 23.6 Å². The first kappa shape index (κ1) is 14.7. The van der Waals surface area contributed by atoms with Gasteiger partial charge in [0.1, 0.15) is 5.75 Å². The fourth-order valence-corrected chi connectivity index (χ4v) is 4.41. The highest BCUT2D eigenvalue weighted by Crippen LogP contribution is 2.50. The number of carboxylic acid groups (broad SMARTS) is 1. The molecule has 0 aromatic heterocycles. The highest BCUT2D eigenvalue weighted by Gasteiger charge is 2.47. The summed E-state index contributed by atoms with van der Waals surface area (Å²) < 4.78 is 5.53. The second-order valence-corrected chi connectivity index (χ2v) is 6.61. The number of hydrogen-bond acceptors (Lipinski definition) is 2. The van der Waals surface area contributed by atoms with Gasteiger partial charge in [0.2, 0.25) is 0 Å². The first-order valence-electron chi connectivity index (χ1n) is 7.72. The number of carboxylic acids is 1. The SMILES string of the molecule is COc1c(Cl)cc2c(c1C1(C(=O)O)CCCC1)CCCC2. The van der Waals surface area contributed by atoms with Crippen molar-refractivity contribution in [3.63, 3.8) is 0 Å². The van der Waals surface area contributed by atoms with Gasteiger partial charge in [-0.05, 0) is 55.7 Å². The number of aliphatic carboxylic acids is 1. The lowest BCUT2D eigenvalue weighted by Crippen LogP contribution is -2.35. The number of fused-ring (bicyclic) bond motifs is 1. The summed E-state index contributed by atoms with van der Waals surface area (Å²) in [6.07, 6.45) is 7.47. The van der Waals surface area contributed by atoms with Crippen LogP contribution in [0.4, 0.5) is 0 Å². The van der Waals surface area contributed by atoms with Gasteiger partial charge in [-0.2, -0.15) is 0 Å². The molecule has 21 heavy (non-hydrogen) atoms. The summed E-state index contributed by atoms with van der Waals surface area (Å²) in [7, 11) is 1.59. The smallest absolute Gasteiger partial charge is 0.314 e. The molecule has 0 amide bonds. The predicted octanol–water partition coefficient (Wildman–Crippen LogP) is 4.12. The number of rotatable bonds is 3. The maximum absolute atomic E-state index is 12.1. The Balaban J connectivity index is 2.28. The molecule has 0 radical (unpaired) electrons. The lowest BCUT2D eigenvalue weighted by molar-refractivity contribution is -0.143. The first-order valence-corrected chi connectivity index (χ1v) is 8.10. The van der Waals surface area contributed by atoms with Crippen molar-refractivity contribution in [2.24, 2.45) is 0 Å². The molecule has 114 valence electrons. The van der Waals surface area contributed by atoms with Gasteiger partial charge in [0.15, 0.2) is 0 Å². The van der Waals surface area contributed by atoms with E-state index in [4.69, 9.17) is 16.3 Å². The van der Waals surface area contributed by atoms with Gasteiger partial charge in [0.25, 0.3) is 0 Å². The van der Waals surface area contributed by atoms with Crippen molar-refractivity contribution >= 4 is 17.6 Å². The van der Waals surface area contributed by atoms with Crippen LogP contribution in [0.2, 0.25) is 5.02 Å². The molecule has 3 nitrogen and oxygen atoms in total. The summed E-state index contributed by atoms with van der Waals surface area (Å²) in [5.74, 6) is -0.144. The van der Waals surface area contributed by atoms with E-state index in [1.165, 1.54) is 11.1 Å². The predicted molar refractivity (Wildman–Crippen MR) is 82.4 cm³/mol. The molecule has 1 aromatic carbocycles. The molecule has 1 fully saturated rings. The lowest BCUT2D eigenvalue weighted by atomic mass is 9.72. The molecule has 0 saturated heterocycles. The highest BCUT2D eigenvalue weighted by atomic mass is 35.5. The number of benzene rings is 1. The second kappa shape index (κ2) is 5.53. The molecule has 0 atom stereocenters. The minimum Gasteiger partial charge on any atom is -0.495 e. The van der Waals surface area contributed by atoms with Gasteiger partial charge in [0, 0.05) is 5.56 Å². The first-order chi connectivity index (χ1) is 10.1. The van der Waals surface area contributed by atoms with Gasteiger partial charge in [-0.1, -0.05) is 24.4 Å². The van der Waals surface area contributed by atoms with Gasteiger partial charge < -0.3 is 9.84 Å². The highest BCUT2D eigenvalue weighted by molar-refractivity contribution is 6.32. The van der Waals surface area contributed by atoms with Crippen LogP contribution >= 0.6 is 11.6 Å². The van der Waals surface area contributed by atoms with E-state index in [2.05, 4.69) is 0 Å². The van der Waals surface area contributed by atoms with Crippen LogP contribution in [0, 0.1) is 0 Å². The second-order valence-electron chi connectivity index (χ2n) is 6.21. The zero-order valence-corrected chi connectivity index (χ0v) is 13.1. The molecule has 2 aliphatic rings. The number of hydrogen-bond donors (Lipinski definition) is 1. The Morgan fingerprint density at radius 2 is 1.90 bits per heavy atom. The van der Waals surface area contributed by atoms with Crippen LogP contribution in [0.1, 0.15) is 55.2 Å². The Labute approximate surface area is 130 Å². The van der Waals surface area contributed by atoms with Crippen LogP contribution in [0.25, 0.3) is 0 Å². The van der Waals surface area contributed by atoms with E-state index in [-0.39, 0.29) is 0 Å².